The number of nitrogens with one attached hydrogen (secondary N) is 1. The summed E-state index contributed by atoms with van der Waals surface area (Å²) >= 11 is 0. The zero-order chi connectivity index (χ0) is 15.5. The van der Waals surface area contributed by atoms with Gasteiger partial charge >= 0.3 is 0 Å². The Kier molecular flexibility index (Phi) is 7.53. The number of nitrogen functional groups attached to an aromatic ring is 1. The fraction of sp³-hybridized carbons (Fsp3) is 0.250. The molecule has 0 bridgehead atoms. The second-order valence-corrected chi connectivity index (χ2v) is 4.40. The molecule has 0 radical (unpaired) electrons. The number of carbonyl (C=O) groups is 1. The van der Waals surface area contributed by atoms with Crippen molar-refractivity contribution in [1.82, 2.24) is 5.48 Å². The molecular weight excluding hydrogens is 266 g/mol. The molecule has 0 heterocycles. The van der Waals surface area contributed by atoms with Crippen LogP contribution in [0.5, 0.6) is 0 Å². The number of allylic oxidation sites excluding steroid dienone is 2. The highest BCUT2D eigenvalue weighted by atomic mass is 16.5. The van der Waals surface area contributed by atoms with Gasteiger partial charge in [0.2, 0.25) is 0 Å². The summed E-state index contributed by atoms with van der Waals surface area (Å²) < 4.78 is 0. The number of unbranched alkanes of at least 4 members (excludes halogenated alkanes) is 1. The van der Waals surface area contributed by atoms with Crippen LogP contribution in [0.4, 0.5) is 11.4 Å². The number of benzene rings is 1. The SMILES string of the molecule is CC/C=C\CC/C=N/c1cc(/C=C/C(=O)NO)ccc1N. The number of nitrogens with zero attached hydrogens (tertiary/aromatic N) is 1. The van der Waals surface area contributed by atoms with E-state index in [-0.39, 0.29) is 0 Å². The Labute approximate surface area is 124 Å². The minimum Gasteiger partial charge on any atom is -0.397 e. The fourth-order valence-electron chi connectivity index (χ4n) is 1.60. The topological polar surface area (TPSA) is 87.7 Å². The Morgan fingerprint density at radius 3 is 2.90 bits per heavy atom. The molecule has 5 nitrogen and oxygen atoms in total. The zero-order valence-electron chi connectivity index (χ0n) is 12.1. The van der Waals surface area contributed by atoms with Gasteiger partial charge in [0.1, 0.15) is 0 Å². The van der Waals surface area contributed by atoms with Crippen molar-refractivity contribution in [3.63, 3.8) is 0 Å². The third-order valence-corrected chi connectivity index (χ3v) is 2.69. The van der Waals surface area contributed by atoms with E-state index in [0.29, 0.717) is 11.4 Å². The fourth-order valence-corrected chi connectivity index (χ4v) is 1.60. The summed E-state index contributed by atoms with van der Waals surface area (Å²) in [6, 6.07) is 5.30. The molecule has 0 aromatic heterocycles. The van der Waals surface area contributed by atoms with Crippen LogP contribution in [0.2, 0.25) is 0 Å². The lowest BCUT2D eigenvalue weighted by Crippen LogP contribution is -2.14. The van der Waals surface area contributed by atoms with Crippen LogP contribution in [-0.4, -0.2) is 17.3 Å². The van der Waals surface area contributed by atoms with E-state index in [0.717, 1.165) is 24.8 Å². The van der Waals surface area contributed by atoms with Crippen LogP contribution in [0.1, 0.15) is 31.7 Å². The van der Waals surface area contributed by atoms with Gasteiger partial charge in [-0.1, -0.05) is 25.1 Å². The summed E-state index contributed by atoms with van der Waals surface area (Å²) in [6.07, 6.45) is 11.7. The van der Waals surface area contributed by atoms with Gasteiger partial charge in [-0.05, 0) is 43.0 Å². The van der Waals surface area contributed by atoms with Gasteiger partial charge in [-0.2, -0.15) is 0 Å². The van der Waals surface area contributed by atoms with Crippen molar-refractivity contribution in [2.24, 2.45) is 4.99 Å². The Bertz CT molecular complexity index is 548. The molecule has 0 aliphatic heterocycles. The maximum atomic E-state index is 10.9. The average molecular weight is 287 g/mol. The lowest BCUT2D eigenvalue weighted by atomic mass is 10.1. The second kappa shape index (κ2) is 9.50. The van der Waals surface area contributed by atoms with E-state index >= 15 is 0 Å². The molecule has 1 amide bonds. The number of hydroxylamine groups is 1. The first-order chi connectivity index (χ1) is 10.2. The molecule has 0 aliphatic carbocycles. The molecule has 0 unspecified atom stereocenters. The monoisotopic (exact) mass is 287 g/mol. The number of hydrogen-bond donors (Lipinski definition) is 3. The third kappa shape index (κ3) is 6.54. The van der Waals surface area contributed by atoms with E-state index in [9.17, 15) is 4.79 Å². The predicted octanol–water partition coefficient (Wildman–Crippen LogP) is 3.24. The number of aliphatic imine (C=N–C) groups is 1. The van der Waals surface area contributed by atoms with Crippen molar-refractivity contribution in [3.8, 4) is 0 Å². The van der Waals surface area contributed by atoms with Crippen LogP contribution in [0.15, 0.2) is 41.4 Å². The molecule has 5 heteroatoms. The van der Waals surface area contributed by atoms with Gasteiger partial charge in [-0.15, -0.1) is 0 Å². The number of nitrogens with two attached hydrogens (primary N) is 1. The number of hydrogen-bond acceptors (Lipinski definition) is 4. The molecule has 21 heavy (non-hydrogen) atoms. The molecule has 0 saturated carbocycles. The summed E-state index contributed by atoms with van der Waals surface area (Å²) in [5.74, 6) is -0.584. The largest absolute Gasteiger partial charge is 0.397 e. The van der Waals surface area contributed by atoms with Crippen molar-refractivity contribution in [1.29, 1.82) is 0 Å². The molecule has 112 valence electrons. The van der Waals surface area contributed by atoms with Gasteiger partial charge in [-0.25, -0.2) is 5.48 Å². The van der Waals surface area contributed by atoms with Crippen molar-refractivity contribution in [3.05, 3.63) is 42.0 Å². The summed E-state index contributed by atoms with van der Waals surface area (Å²) in [5.41, 5.74) is 9.43. The minimum atomic E-state index is -0.584. The molecule has 0 atom stereocenters. The number of carbonyl (C=O) groups excluding carboxylic acids is 1. The first kappa shape index (κ1) is 16.7. The van der Waals surface area contributed by atoms with Crippen LogP contribution in [-0.2, 0) is 4.79 Å². The molecule has 4 N–H and O–H groups in total. The average Bonchev–Trinajstić information content (AvgIpc) is 2.50. The molecule has 0 aliphatic rings. The standard InChI is InChI=1S/C16H21N3O2/c1-2-3-4-5-6-11-18-15-12-13(7-9-14(15)17)8-10-16(20)19-21/h3-4,7-12,21H,2,5-6,17H2,1H3,(H,19,20)/b4-3-,10-8+,18-11+. The minimum absolute atomic E-state index is 0.583. The van der Waals surface area contributed by atoms with Crippen molar-refractivity contribution < 1.29 is 10.0 Å². The van der Waals surface area contributed by atoms with Gasteiger partial charge in [0.25, 0.3) is 5.91 Å². The van der Waals surface area contributed by atoms with Crippen LogP contribution in [0.25, 0.3) is 6.08 Å². The number of amides is 1. The lowest BCUT2D eigenvalue weighted by molar-refractivity contribution is -0.124. The Balaban J connectivity index is 2.69. The number of rotatable bonds is 7. The van der Waals surface area contributed by atoms with Crippen molar-refractivity contribution in [2.75, 3.05) is 5.73 Å². The van der Waals surface area contributed by atoms with Crippen molar-refractivity contribution in [2.45, 2.75) is 26.2 Å². The molecule has 1 rings (SSSR count). The molecular formula is C16H21N3O2. The van der Waals surface area contributed by atoms with Gasteiger partial charge < -0.3 is 5.73 Å². The third-order valence-electron chi connectivity index (χ3n) is 2.69. The highest BCUT2D eigenvalue weighted by Gasteiger charge is 1.98. The van der Waals surface area contributed by atoms with Gasteiger partial charge in [-0.3, -0.25) is 15.0 Å². The smallest absolute Gasteiger partial charge is 0.267 e. The summed E-state index contributed by atoms with van der Waals surface area (Å²) in [5, 5.41) is 8.42. The zero-order valence-corrected chi connectivity index (χ0v) is 12.1. The molecule has 1 aromatic rings. The first-order valence-corrected chi connectivity index (χ1v) is 6.86. The van der Waals surface area contributed by atoms with Gasteiger partial charge in [0.05, 0.1) is 11.4 Å². The quantitative estimate of drug-likeness (QED) is 0.137. The van der Waals surface area contributed by atoms with E-state index in [4.69, 9.17) is 10.9 Å². The van der Waals surface area contributed by atoms with E-state index in [1.54, 1.807) is 24.3 Å². The summed E-state index contributed by atoms with van der Waals surface area (Å²) in [4.78, 5) is 15.3. The van der Waals surface area contributed by atoms with E-state index in [2.05, 4.69) is 24.1 Å². The van der Waals surface area contributed by atoms with E-state index < -0.39 is 5.91 Å². The van der Waals surface area contributed by atoms with Crippen LogP contribution in [0.3, 0.4) is 0 Å². The second-order valence-electron chi connectivity index (χ2n) is 4.40. The van der Waals surface area contributed by atoms with E-state index in [1.165, 1.54) is 11.6 Å². The molecule has 0 fully saturated rings. The highest BCUT2D eigenvalue weighted by Crippen LogP contribution is 2.23. The lowest BCUT2D eigenvalue weighted by Gasteiger charge is -2.01. The van der Waals surface area contributed by atoms with Crippen LogP contribution in [0, 0.1) is 0 Å². The Morgan fingerprint density at radius 2 is 2.19 bits per heavy atom. The van der Waals surface area contributed by atoms with Crippen LogP contribution < -0.4 is 11.2 Å². The van der Waals surface area contributed by atoms with Gasteiger partial charge in [0.15, 0.2) is 0 Å². The molecule has 0 saturated heterocycles. The maximum Gasteiger partial charge on any atom is 0.267 e. The number of anilines is 1. The molecule has 0 spiro atoms. The van der Waals surface area contributed by atoms with Crippen LogP contribution >= 0.6 is 0 Å². The normalized spacial score (nSPS) is 11.7. The van der Waals surface area contributed by atoms with Gasteiger partial charge in [0, 0.05) is 12.3 Å². The maximum absolute atomic E-state index is 10.9. The van der Waals surface area contributed by atoms with Crippen molar-refractivity contribution >= 4 is 29.6 Å². The summed E-state index contributed by atoms with van der Waals surface area (Å²) in [7, 11) is 0. The van der Waals surface area contributed by atoms with E-state index in [1.807, 2.05) is 6.21 Å². The first-order valence-electron chi connectivity index (χ1n) is 6.86. The molecule has 1 aromatic carbocycles. The summed E-state index contributed by atoms with van der Waals surface area (Å²) in [6.45, 7) is 2.10. The predicted molar refractivity (Wildman–Crippen MR) is 86.6 cm³/mol. The Hall–Kier alpha value is -2.40. The Morgan fingerprint density at radius 1 is 1.38 bits per heavy atom. The highest BCUT2D eigenvalue weighted by molar-refractivity contribution is 5.91.